The minimum atomic E-state index is -0.0183. The van der Waals surface area contributed by atoms with Gasteiger partial charge in [0.25, 0.3) is 11.1 Å². The SMILES string of the molecule is CCC(C)NC(=O)CSc1nnc(-c2cccs2)o1. The van der Waals surface area contributed by atoms with Gasteiger partial charge in [-0.1, -0.05) is 24.8 Å². The van der Waals surface area contributed by atoms with Crippen LogP contribution in [0.5, 0.6) is 0 Å². The van der Waals surface area contributed by atoms with Crippen LogP contribution in [0.1, 0.15) is 20.3 Å². The molecule has 0 saturated heterocycles. The Bertz CT molecular complexity index is 525. The average Bonchev–Trinajstić information content (AvgIpc) is 3.06. The van der Waals surface area contributed by atoms with Crippen molar-refractivity contribution >= 4 is 29.0 Å². The van der Waals surface area contributed by atoms with Crippen molar-refractivity contribution in [3.05, 3.63) is 17.5 Å². The first-order valence-electron chi connectivity index (χ1n) is 5.98. The lowest BCUT2D eigenvalue weighted by atomic mass is 10.3. The minimum Gasteiger partial charge on any atom is -0.410 e. The lowest BCUT2D eigenvalue weighted by Crippen LogP contribution is -2.33. The number of nitrogens with one attached hydrogen (secondary N) is 1. The number of hydrogen-bond donors (Lipinski definition) is 1. The highest BCUT2D eigenvalue weighted by Gasteiger charge is 2.12. The van der Waals surface area contributed by atoms with E-state index in [0.717, 1.165) is 11.3 Å². The summed E-state index contributed by atoms with van der Waals surface area (Å²) in [5, 5.41) is 13.1. The molecule has 2 aromatic rings. The molecule has 5 nitrogen and oxygen atoms in total. The lowest BCUT2D eigenvalue weighted by Gasteiger charge is -2.09. The molecular weight excluding hydrogens is 282 g/mol. The van der Waals surface area contributed by atoms with E-state index in [0.29, 0.717) is 11.1 Å². The van der Waals surface area contributed by atoms with E-state index in [2.05, 4.69) is 15.5 Å². The maximum Gasteiger partial charge on any atom is 0.277 e. The predicted molar refractivity (Wildman–Crippen MR) is 76.2 cm³/mol. The Kier molecular flexibility index (Phi) is 4.98. The second kappa shape index (κ2) is 6.72. The summed E-state index contributed by atoms with van der Waals surface area (Å²) in [5.41, 5.74) is 0. The minimum absolute atomic E-state index is 0.0183. The van der Waals surface area contributed by atoms with Crippen LogP contribution in [0, 0.1) is 0 Å². The second-order valence-corrected chi connectivity index (χ2v) is 5.89. The third kappa shape index (κ3) is 4.07. The van der Waals surface area contributed by atoms with Crippen LogP contribution >= 0.6 is 23.1 Å². The molecule has 1 atom stereocenters. The van der Waals surface area contributed by atoms with Crippen LogP contribution in [0.25, 0.3) is 10.8 Å². The molecule has 2 aromatic heterocycles. The molecule has 0 fully saturated rings. The molecule has 1 amide bonds. The number of thiophene rings is 1. The highest BCUT2D eigenvalue weighted by molar-refractivity contribution is 7.99. The number of thioether (sulfide) groups is 1. The van der Waals surface area contributed by atoms with Gasteiger partial charge in [0, 0.05) is 6.04 Å². The van der Waals surface area contributed by atoms with E-state index in [1.807, 2.05) is 31.4 Å². The number of nitrogens with zero attached hydrogens (tertiary/aromatic N) is 2. The fraction of sp³-hybridized carbons (Fsp3) is 0.417. The Morgan fingerprint density at radius 3 is 3.11 bits per heavy atom. The highest BCUT2D eigenvalue weighted by Crippen LogP contribution is 2.26. The molecule has 102 valence electrons. The van der Waals surface area contributed by atoms with E-state index >= 15 is 0 Å². The van der Waals surface area contributed by atoms with Crippen molar-refractivity contribution < 1.29 is 9.21 Å². The molecule has 2 heterocycles. The van der Waals surface area contributed by atoms with E-state index < -0.39 is 0 Å². The van der Waals surface area contributed by atoms with Crippen LogP contribution in [0.3, 0.4) is 0 Å². The number of aromatic nitrogens is 2. The van der Waals surface area contributed by atoms with E-state index in [1.54, 1.807) is 11.3 Å². The number of carbonyl (C=O) groups excluding carboxylic acids is 1. The topological polar surface area (TPSA) is 68.0 Å². The number of carbonyl (C=O) groups is 1. The Balaban J connectivity index is 1.85. The van der Waals surface area contributed by atoms with Gasteiger partial charge in [-0.25, -0.2) is 0 Å². The van der Waals surface area contributed by atoms with Crippen LogP contribution in [-0.4, -0.2) is 27.9 Å². The summed E-state index contributed by atoms with van der Waals surface area (Å²) in [7, 11) is 0. The maximum absolute atomic E-state index is 11.6. The number of rotatable bonds is 6. The van der Waals surface area contributed by atoms with E-state index in [-0.39, 0.29) is 17.7 Å². The van der Waals surface area contributed by atoms with Crippen LogP contribution in [0.2, 0.25) is 0 Å². The van der Waals surface area contributed by atoms with Crippen molar-refractivity contribution in [3.63, 3.8) is 0 Å². The normalized spacial score (nSPS) is 12.3. The molecule has 7 heteroatoms. The van der Waals surface area contributed by atoms with Crippen molar-refractivity contribution in [2.75, 3.05) is 5.75 Å². The first-order valence-corrected chi connectivity index (χ1v) is 7.85. The predicted octanol–water partition coefficient (Wildman–Crippen LogP) is 2.80. The van der Waals surface area contributed by atoms with Gasteiger partial charge in [0.2, 0.25) is 5.91 Å². The molecular formula is C12H15N3O2S2. The van der Waals surface area contributed by atoms with Crippen LogP contribution < -0.4 is 5.32 Å². The molecule has 0 aliphatic carbocycles. The first-order chi connectivity index (χ1) is 9.19. The first kappa shape index (κ1) is 14.1. The summed E-state index contributed by atoms with van der Waals surface area (Å²) in [6.45, 7) is 4.01. The fourth-order valence-electron chi connectivity index (χ4n) is 1.31. The van der Waals surface area contributed by atoms with Gasteiger partial charge in [-0.15, -0.1) is 21.5 Å². The molecule has 0 aliphatic rings. The van der Waals surface area contributed by atoms with Gasteiger partial charge < -0.3 is 9.73 Å². The van der Waals surface area contributed by atoms with Gasteiger partial charge in [0.15, 0.2) is 0 Å². The van der Waals surface area contributed by atoms with Crippen molar-refractivity contribution in [1.29, 1.82) is 0 Å². The molecule has 1 unspecified atom stereocenters. The maximum atomic E-state index is 11.6. The molecule has 0 aliphatic heterocycles. The molecule has 19 heavy (non-hydrogen) atoms. The Hall–Kier alpha value is -1.34. The zero-order chi connectivity index (χ0) is 13.7. The standard InChI is InChI=1S/C12H15N3O2S2/c1-3-8(2)13-10(16)7-19-12-15-14-11(17-12)9-5-4-6-18-9/h4-6,8H,3,7H2,1-2H3,(H,13,16). The Morgan fingerprint density at radius 1 is 1.58 bits per heavy atom. The Labute approximate surface area is 119 Å². The monoisotopic (exact) mass is 297 g/mol. The third-order valence-corrected chi connectivity index (χ3v) is 4.16. The molecule has 0 aromatic carbocycles. The van der Waals surface area contributed by atoms with Crippen LogP contribution in [0.4, 0.5) is 0 Å². The smallest absolute Gasteiger partial charge is 0.277 e. The highest BCUT2D eigenvalue weighted by atomic mass is 32.2. The van der Waals surface area contributed by atoms with Crippen molar-refractivity contribution in [3.8, 4) is 10.8 Å². The van der Waals surface area contributed by atoms with Gasteiger partial charge in [-0.3, -0.25) is 4.79 Å². The molecule has 0 radical (unpaired) electrons. The van der Waals surface area contributed by atoms with Crippen molar-refractivity contribution in [2.45, 2.75) is 31.5 Å². The fourth-order valence-corrected chi connectivity index (χ4v) is 2.53. The van der Waals surface area contributed by atoms with Crippen molar-refractivity contribution in [1.82, 2.24) is 15.5 Å². The lowest BCUT2D eigenvalue weighted by molar-refractivity contribution is -0.119. The molecule has 1 N–H and O–H groups in total. The van der Waals surface area contributed by atoms with Gasteiger partial charge in [-0.2, -0.15) is 0 Å². The molecule has 0 bridgehead atoms. The zero-order valence-electron chi connectivity index (χ0n) is 10.8. The van der Waals surface area contributed by atoms with Gasteiger partial charge >= 0.3 is 0 Å². The van der Waals surface area contributed by atoms with E-state index in [4.69, 9.17) is 4.42 Å². The largest absolute Gasteiger partial charge is 0.410 e. The third-order valence-electron chi connectivity index (χ3n) is 2.48. The average molecular weight is 297 g/mol. The summed E-state index contributed by atoms with van der Waals surface area (Å²) >= 11 is 2.79. The number of amides is 1. The summed E-state index contributed by atoms with van der Waals surface area (Å²) in [6.07, 6.45) is 0.916. The summed E-state index contributed by atoms with van der Waals surface area (Å²) in [4.78, 5) is 12.5. The summed E-state index contributed by atoms with van der Waals surface area (Å²) < 4.78 is 5.48. The Morgan fingerprint density at radius 2 is 2.42 bits per heavy atom. The van der Waals surface area contributed by atoms with E-state index in [9.17, 15) is 4.79 Å². The summed E-state index contributed by atoms with van der Waals surface area (Å²) in [6, 6.07) is 4.04. The van der Waals surface area contributed by atoms with Crippen LogP contribution in [0.15, 0.2) is 27.2 Å². The van der Waals surface area contributed by atoms with Gasteiger partial charge in [0.05, 0.1) is 10.6 Å². The quantitative estimate of drug-likeness (QED) is 0.830. The second-order valence-electron chi connectivity index (χ2n) is 4.02. The van der Waals surface area contributed by atoms with Crippen LogP contribution in [-0.2, 0) is 4.79 Å². The molecule has 2 rings (SSSR count). The van der Waals surface area contributed by atoms with Crippen molar-refractivity contribution in [2.24, 2.45) is 0 Å². The molecule has 0 saturated carbocycles. The van der Waals surface area contributed by atoms with Gasteiger partial charge in [-0.05, 0) is 24.8 Å². The molecule has 0 spiro atoms. The van der Waals surface area contributed by atoms with Gasteiger partial charge in [0.1, 0.15) is 0 Å². The zero-order valence-corrected chi connectivity index (χ0v) is 12.4. The number of hydrogen-bond acceptors (Lipinski definition) is 6. The van der Waals surface area contributed by atoms with E-state index in [1.165, 1.54) is 11.8 Å². The summed E-state index contributed by atoms with van der Waals surface area (Å²) in [5.74, 6) is 0.770.